The van der Waals surface area contributed by atoms with Crippen molar-refractivity contribution in [1.29, 1.82) is 10.5 Å². The molecule has 1 saturated heterocycles. The number of alkyl halides is 3. The van der Waals surface area contributed by atoms with Gasteiger partial charge in [0.2, 0.25) is 10.0 Å². The van der Waals surface area contributed by atoms with Crippen LogP contribution < -0.4 is 9.47 Å². The van der Waals surface area contributed by atoms with Gasteiger partial charge < -0.3 is 19.7 Å². The lowest BCUT2D eigenvalue weighted by molar-refractivity contribution is -0.153. The average molecular weight is 515 g/mol. The Balaban J connectivity index is 1.96. The Bertz CT molecular complexity index is 1310. The van der Waals surface area contributed by atoms with E-state index in [9.17, 15) is 41.5 Å². The number of sulfonamides is 1. The predicted octanol–water partition coefficient (Wildman–Crippen LogP) is 1.69. The fourth-order valence-electron chi connectivity index (χ4n) is 3.37. The number of benzene rings is 2. The van der Waals surface area contributed by atoms with E-state index in [0.717, 1.165) is 4.31 Å². The van der Waals surface area contributed by atoms with Crippen LogP contribution in [0.4, 0.5) is 17.6 Å². The van der Waals surface area contributed by atoms with Crippen LogP contribution in [0.2, 0.25) is 0 Å². The fraction of sp³-hybridized carbons (Fsp3) is 0.333. The van der Waals surface area contributed by atoms with Crippen molar-refractivity contribution in [2.24, 2.45) is 0 Å². The lowest BCUT2D eigenvalue weighted by atomic mass is 10.0. The zero-order valence-electron chi connectivity index (χ0n) is 17.7. The molecule has 1 aliphatic rings. The molecule has 0 saturated carbocycles. The Morgan fingerprint density at radius 3 is 2.40 bits per heavy atom. The van der Waals surface area contributed by atoms with Crippen LogP contribution in [0.3, 0.4) is 0 Å². The molecule has 1 heterocycles. The number of ether oxygens (including phenoxy) is 2. The van der Waals surface area contributed by atoms with Gasteiger partial charge in [-0.2, -0.15) is 28.0 Å². The molecule has 0 bridgehead atoms. The molecule has 2 aromatic rings. The van der Waals surface area contributed by atoms with Crippen molar-refractivity contribution in [1.82, 2.24) is 4.31 Å². The zero-order valence-corrected chi connectivity index (χ0v) is 18.5. The number of nitrogens with zero attached hydrogens (tertiary/aromatic N) is 3. The van der Waals surface area contributed by atoms with Crippen LogP contribution in [-0.2, 0) is 10.0 Å². The minimum atomic E-state index is -4.78. The Hall–Kier alpha value is -3.43. The third-order valence-corrected chi connectivity index (χ3v) is 7.00. The summed E-state index contributed by atoms with van der Waals surface area (Å²) in [6.45, 7) is -4.14. The first kappa shape index (κ1) is 26.2. The lowest BCUT2D eigenvalue weighted by Gasteiger charge is -2.28. The van der Waals surface area contributed by atoms with Crippen LogP contribution in [0, 0.1) is 28.5 Å². The maximum Gasteiger partial charge on any atom is 0.422 e. The van der Waals surface area contributed by atoms with E-state index in [1.165, 1.54) is 30.3 Å². The van der Waals surface area contributed by atoms with Gasteiger partial charge in [0.25, 0.3) is 0 Å². The molecule has 2 aromatic carbocycles. The van der Waals surface area contributed by atoms with E-state index in [-0.39, 0.29) is 10.5 Å². The molecule has 0 radical (unpaired) electrons. The lowest BCUT2D eigenvalue weighted by Crippen LogP contribution is -2.48. The quantitative estimate of drug-likeness (QED) is 0.530. The van der Waals surface area contributed by atoms with E-state index in [1.807, 2.05) is 0 Å². The van der Waals surface area contributed by atoms with Gasteiger partial charge in [0.05, 0.1) is 29.2 Å². The highest BCUT2D eigenvalue weighted by atomic mass is 32.2. The van der Waals surface area contributed by atoms with Crippen LogP contribution in [0.25, 0.3) is 0 Å². The summed E-state index contributed by atoms with van der Waals surface area (Å²) in [5, 5.41) is 38.8. The van der Waals surface area contributed by atoms with Gasteiger partial charge >= 0.3 is 6.18 Å². The van der Waals surface area contributed by atoms with Crippen LogP contribution in [0.15, 0.2) is 41.3 Å². The molecule has 9 nitrogen and oxygen atoms in total. The van der Waals surface area contributed by atoms with E-state index in [2.05, 4.69) is 4.74 Å². The highest BCUT2D eigenvalue weighted by Crippen LogP contribution is 2.37. The summed E-state index contributed by atoms with van der Waals surface area (Å²) in [5.74, 6) is -2.50. The molecule has 0 aromatic heterocycles. The molecular formula is C21H17F4N3O6S. The predicted molar refractivity (Wildman–Crippen MR) is 109 cm³/mol. The van der Waals surface area contributed by atoms with E-state index in [1.54, 1.807) is 6.07 Å². The molecule has 3 rings (SSSR count). The second-order valence-electron chi connectivity index (χ2n) is 7.57. The molecule has 35 heavy (non-hydrogen) atoms. The van der Waals surface area contributed by atoms with E-state index in [4.69, 9.17) is 10.00 Å². The standard InChI is InChI=1S/C21H17F4N3O6S/c22-15-6-17(16(5-14(15)8-27)33-12-21(23,24)25)34-19-9-28(10-20(19,30)11-29)35(31,32)18-4-2-1-3-13(18)7-26/h1-6,19,29-30H,9-12H2/t19?,20-/m1/s1. The van der Waals surface area contributed by atoms with E-state index >= 15 is 0 Å². The number of aliphatic hydroxyl groups excluding tert-OH is 1. The number of halogens is 4. The number of rotatable bonds is 7. The smallest absolute Gasteiger partial charge is 0.422 e. The first-order chi connectivity index (χ1) is 16.3. The number of hydrogen-bond donors (Lipinski definition) is 2. The third-order valence-electron chi connectivity index (χ3n) is 5.13. The molecule has 1 aliphatic heterocycles. The van der Waals surface area contributed by atoms with Crippen LogP contribution in [-0.4, -0.2) is 67.1 Å². The summed E-state index contributed by atoms with van der Waals surface area (Å²) in [5.41, 5.74) is -3.07. The van der Waals surface area contributed by atoms with Crippen molar-refractivity contribution in [3.8, 4) is 23.6 Å². The van der Waals surface area contributed by atoms with Crippen LogP contribution in [0.1, 0.15) is 11.1 Å². The Kier molecular flexibility index (Phi) is 7.23. The Labute approximate surface area is 197 Å². The van der Waals surface area contributed by atoms with Crippen molar-refractivity contribution >= 4 is 10.0 Å². The summed E-state index contributed by atoms with van der Waals surface area (Å²) in [4.78, 5) is -0.373. The molecule has 0 aliphatic carbocycles. The molecule has 2 N–H and O–H groups in total. The largest absolute Gasteiger partial charge is 0.482 e. The van der Waals surface area contributed by atoms with Gasteiger partial charge in [-0.3, -0.25) is 0 Å². The minimum Gasteiger partial charge on any atom is -0.482 e. The van der Waals surface area contributed by atoms with Gasteiger partial charge in [0.1, 0.15) is 29.7 Å². The second kappa shape index (κ2) is 9.67. The molecule has 186 valence electrons. The average Bonchev–Trinajstić information content (AvgIpc) is 3.15. The molecule has 0 spiro atoms. The van der Waals surface area contributed by atoms with Gasteiger partial charge in [0.15, 0.2) is 18.1 Å². The molecule has 0 amide bonds. The number of hydrogen-bond acceptors (Lipinski definition) is 8. The Morgan fingerprint density at radius 2 is 1.80 bits per heavy atom. The highest BCUT2D eigenvalue weighted by Gasteiger charge is 2.51. The number of β-amino-alcohol motifs (C(OH)–C–C–N with tert-alkyl or cyclic N) is 1. The van der Waals surface area contributed by atoms with Gasteiger partial charge in [-0.25, -0.2) is 12.8 Å². The van der Waals surface area contributed by atoms with Gasteiger partial charge in [0, 0.05) is 18.7 Å². The maximum atomic E-state index is 14.2. The second-order valence-corrected chi connectivity index (χ2v) is 9.47. The summed E-state index contributed by atoms with van der Waals surface area (Å²) >= 11 is 0. The van der Waals surface area contributed by atoms with Crippen molar-refractivity contribution in [3.63, 3.8) is 0 Å². The highest BCUT2D eigenvalue weighted by molar-refractivity contribution is 7.89. The molecule has 1 fully saturated rings. The first-order valence-electron chi connectivity index (χ1n) is 9.77. The zero-order chi connectivity index (χ0) is 26.0. The van der Waals surface area contributed by atoms with Crippen molar-refractivity contribution in [2.75, 3.05) is 26.3 Å². The summed E-state index contributed by atoms with van der Waals surface area (Å²) in [7, 11) is -4.38. The number of nitriles is 2. The molecule has 2 atom stereocenters. The topological polar surface area (TPSA) is 144 Å². The molecule has 1 unspecified atom stereocenters. The summed E-state index contributed by atoms with van der Waals surface area (Å²) < 4.78 is 89.2. The summed E-state index contributed by atoms with van der Waals surface area (Å²) in [6, 6.07) is 9.65. The van der Waals surface area contributed by atoms with Crippen molar-refractivity contribution in [3.05, 3.63) is 53.3 Å². The fourth-order valence-corrected chi connectivity index (χ4v) is 5.02. The third kappa shape index (κ3) is 5.47. The van der Waals surface area contributed by atoms with Gasteiger partial charge in [-0.1, -0.05) is 12.1 Å². The van der Waals surface area contributed by atoms with Crippen LogP contribution in [0.5, 0.6) is 11.5 Å². The van der Waals surface area contributed by atoms with Crippen molar-refractivity contribution in [2.45, 2.75) is 22.8 Å². The normalized spacial score (nSPS) is 20.7. The molecular weight excluding hydrogens is 498 g/mol. The number of aliphatic hydroxyl groups is 2. The SMILES string of the molecule is N#Cc1cc(OCC(F)(F)F)c(OC2CN(S(=O)(=O)c3ccccc3C#N)C[C@@]2(O)CO)cc1F. The van der Waals surface area contributed by atoms with Gasteiger partial charge in [-0.05, 0) is 12.1 Å². The maximum absolute atomic E-state index is 14.2. The molecule has 14 heteroatoms. The summed E-state index contributed by atoms with van der Waals surface area (Å²) in [6.07, 6.45) is -6.37. The monoisotopic (exact) mass is 515 g/mol. The van der Waals surface area contributed by atoms with Crippen LogP contribution >= 0.6 is 0 Å². The Morgan fingerprint density at radius 1 is 1.14 bits per heavy atom. The first-order valence-corrected chi connectivity index (χ1v) is 11.2. The van der Waals surface area contributed by atoms with E-state index < -0.39 is 77.1 Å². The van der Waals surface area contributed by atoms with E-state index in [0.29, 0.717) is 12.1 Å². The van der Waals surface area contributed by atoms with Crippen molar-refractivity contribution < 1.29 is 45.7 Å². The van der Waals surface area contributed by atoms with Gasteiger partial charge in [-0.15, -0.1) is 0 Å². The minimum absolute atomic E-state index is 0.179.